The van der Waals surface area contributed by atoms with E-state index >= 15 is 0 Å². The highest BCUT2D eigenvalue weighted by atomic mass is 32.2. The number of nitrogens with zero attached hydrogens (tertiary/aromatic N) is 1. The molecule has 1 aliphatic rings. The summed E-state index contributed by atoms with van der Waals surface area (Å²) < 4.78 is 0. The topological polar surface area (TPSA) is 24.9 Å². The second-order valence-corrected chi connectivity index (χ2v) is 6.33. The molecule has 1 aromatic rings. The van der Waals surface area contributed by atoms with Gasteiger partial charge in [-0.1, -0.05) is 0 Å². The fourth-order valence-electron chi connectivity index (χ4n) is 1.80. The molecule has 0 bridgehead atoms. The van der Waals surface area contributed by atoms with E-state index in [1.54, 1.807) is 0 Å². The van der Waals surface area contributed by atoms with Crippen LogP contribution in [0.15, 0.2) is 6.20 Å². The van der Waals surface area contributed by atoms with Gasteiger partial charge in [-0.25, -0.2) is 4.98 Å². The van der Waals surface area contributed by atoms with Crippen LogP contribution in [0.5, 0.6) is 0 Å². The maximum atomic E-state index is 4.55. The van der Waals surface area contributed by atoms with Gasteiger partial charge in [-0.05, 0) is 45.0 Å². The second-order valence-electron chi connectivity index (χ2n) is 3.87. The molecule has 1 atom stereocenters. The number of hydrogen-bond acceptors (Lipinski definition) is 4. The van der Waals surface area contributed by atoms with Gasteiger partial charge in [0, 0.05) is 11.1 Å². The Balaban J connectivity index is 1.86. The standard InChI is InChI=1S/C11H18N2S2/c1-12-6-2-4-9-8-13-11(15-9)10-5-3-7-14-10/h8,10,12H,2-7H2,1H3. The van der Waals surface area contributed by atoms with Crippen LogP contribution in [0.2, 0.25) is 0 Å². The molecule has 2 heterocycles. The van der Waals surface area contributed by atoms with Gasteiger partial charge >= 0.3 is 0 Å². The van der Waals surface area contributed by atoms with E-state index in [0.717, 1.165) is 6.54 Å². The van der Waals surface area contributed by atoms with E-state index in [9.17, 15) is 0 Å². The maximum absolute atomic E-state index is 4.55. The van der Waals surface area contributed by atoms with Crippen molar-refractivity contribution in [1.29, 1.82) is 0 Å². The summed E-state index contributed by atoms with van der Waals surface area (Å²) in [4.78, 5) is 6.01. The van der Waals surface area contributed by atoms with E-state index in [1.165, 1.54) is 41.3 Å². The second kappa shape index (κ2) is 5.87. The van der Waals surface area contributed by atoms with Crippen LogP contribution in [0.3, 0.4) is 0 Å². The molecule has 84 valence electrons. The van der Waals surface area contributed by atoms with Crippen LogP contribution in [0.4, 0.5) is 0 Å². The van der Waals surface area contributed by atoms with Gasteiger partial charge < -0.3 is 5.32 Å². The van der Waals surface area contributed by atoms with Crippen LogP contribution < -0.4 is 5.32 Å². The highest BCUT2D eigenvalue weighted by Crippen LogP contribution is 2.41. The van der Waals surface area contributed by atoms with Crippen molar-refractivity contribution in [1.82, 2.24) is 10.3 Å². The third-order valence-corrected chi connectivity index (χ3v) is 5.33. The smallest absolute Gasteiger partial charge is 0.106 e. The number of rotatable bonds is 5. The molecule has 0 amide bonds. The number of thiazole rings is 1. The summed E-state index contributed by atoms with van der Waals surface area (Å²) >= 11 is 3.99. The molecule has 0 aliphatic carbocycles. The van der Waals surface area contributed by atoms with Gasteiger partial charge in [-0.3, -0.25) is 0 Å². The van der Waals surface area contributed by atoms with Crippen LogP contribution in [-0.4, -0.2) is 24.3 Å². The molecule has 1 unspecified atom stereocenters. The summed E-state index contributed by atoms with van der Waals surface area (Å²) in [5, 5.41) is 5.24. The van der Waals surface area contributed by atoms with Crippen molar-refractivity contribution >= 4 is 23.1 Å². The highest BCUT2D eigenvalue weighted by molar-refractivity contribution is 7.99. The fourth-order valence-corrected chi connectivity index (χ4v) is 4.28. The zero-order chi connectivity index (χ0) is 10.5. The van der Waals surface area contributed by atoms with Crippen molar-refractivity contribution < 1.29 is 0 Å². The summed E-state index contributed by atoms with van der Waals surface area (Å²) in [6.45, 7) is 1.10. The Hall–Kier alpha value is -0.0600. The summed E-state index contributed by atoms with van der Waals surface area (Å²) in [5.41, 5.74) is 0. The van der Waals surface area contributed by atoms with Crippen molar-refractivity contribution in [3.8, 4) is 0 Å². The monoisotopic (exact) mass is 242 g/mol. The van der Waals surface area contributed by atoms with Crippen LogP contribution >= 0.6 is 23.1 Å². The molecular formula is C11H18N2S2. The summed E-state index contributed by atoms with van der Waals surface area (Å²) in [7, 11) is 2.01. The molecule has 1 N–H and O–H groups in total. The minimum Gasteiger partial charge on any atom is -0.320 e. The van der Waals surface area contributed by atoms with Crippen molar-refractivity contribution in [3.05, 3.63) is 16.1 Å². The van der Waals surface area contributed by atoms with Crippen LogP contribution in [0, 0.1) is 0 Å². The lowest BCUT2D eigenvalue weighted by Gasteiger charge is -2.01. The molecular weight excluding hydrogens is 224 g/mol. The Bertz CT molecular complexity index is 293. The van der Waals surface area contributed by atoms with Crippen LogP contribution in [0.25, 0.3) is 0 Å². The zero-order valence-corrected chi connectivity index (χ0v) is 10.8. The molecule has 4 heteroatoms. The number of aryl methyl sites for hydroxylation is 1. The van der Waals surface area contributed by atoms with E-state index in [2.05, 4.69) is 28.3 Å². The third-order valence-electron chi connectivity index (χ3n) is 2.63. The normalized spacial score (nSPS) is 21.0. The zero-order valence-electron chi connectivity index (χ0n) is 9.16. The molecule has 2 rings (SSSR count). The number of hydrogen-bond donors (Lipinski definition) is 1. The predicted octanol–water partition coefficient (Wildman–Crippen LogP) is 2.86. The largest absolute Gasteiger partial charge is 0.320 e. The van der Waals surface area contributed by atoms with Gasteiger partial charge in [0.2, 0.25) is 0 Å². The summed E-state index contributed by atoms with van der Waals surface area (Å²) in [5.74, 6) is 1.32. The highest BCUT2D eigenvalue weighted by Gasteiger charge is 2.20. The minimum atomic E-state index is 0.702. The van der Waals surface area contributed by atoms with E-state index in [0.29, 0.717) is 5.25 Å². The van der Waals surface area contributed by atoms with Gasteiger partial charge in [-0.15, -0.1) is 11.3 Å². The Kier molecular flexibility index (Phi) is 4.47. The van der Waals surface area contributed by atoms with Crippen LogP contribution in [-0.2, 0) is 6.42 Å². The number of nitrogens with one attached hydrogen (secondary N) is 1. The Morgan fingerprint density at radius 1 is 1.60 bits per heavy atom. The average molecular weight is 242 g/mol. The summed E-state index contributed by atoms with van der Waals surface area (Å²) in [6, 6.07) is 0. The van der Waals surface area contributed by atoms with E-state index in [1.807, 2.05) is 18.4 Å². The van der Waals surface area contributed by atoms with Gasteiger partial charge in [0.15, 0.2) is 0 Å². The molecule has 2 nitrogen and oxygen atoms in total. The molecule has 15 heavy (non-hydrogen) atoms. The first-order chi connectivity index (χ1) is 7.40. The van der Waals surface area contributed by atoms with Crippen molar-refractivity contribution in [2.75, 3.05) is 19.3 Å². The lowest BCUT2D eigenvalue weighted by Crippen LogP contribution is -2.07. The molecule has 1 aliphatic heterocycles. The van der Waals surface area contributed by atoms with Gasteiger partial charge in [-0.2, -0.15) is 11.8 Å². The minimum absolute atomic E-state index is 0.702. The quantitative estimate of drug-likeness (QED) is 0.804. The van der Waals surface area contributed by atoms with Gasteiger partial charge in [0.25, 0.3) is 0 Å². The molecule has 0 spiro atoms. The van der Waals surface area contributed by atoms with E-state index in [4.69, 9.17) is 0 Å². The van der Waals surface area contributed by atoms with E-state index < -0.39 is 0 Å². The maximum Gasteiger partial charge on any atom is 0.106 e. The molecule has 1 saturated heterocycles. The first-order valence-corrected chi connectivity index (χ1v) is 7.47. The molecule has 1 aromatic heterocycles. The summed E-state index contributed by atoms with van der Waals surface area (Å²) in [6.07, 6.45) is 7.17. The van der Waals surface area contributed by atoms with Gasteiger partial charge in [0.1, 0.15) is 5.01 Å². The van der Waals surface area contributed by atoms with Crippen LogP contribution in [0.1, 0.15) is 34.4 Å². The van der Waals surface area contributed by atoms with Crippen molar-refractivity contribution in [3.63, 3.8) is 0 Å². The molecule has 0 saturated carbocycles. The number of thioether (sulfide) groups is 1. The molecule has 0 aromatic carbocycles. The number of aromatic nitrogens is 1. The third kappa shape index (κ3) is 3.20. The molecule has 0 radical (unpaired) electrons. The van der Waals surface area contributed by atoms with Gasteiger partial charge in [0.05, 0.1) is 5.25 Å². The lowest BCUT2D eigenvalue weighted by atomic mass is 10.3. The Morgan fingerprint density at radius 3 is 3.27 bits per heavy atom. The lowest BCUT2D eigenvalue weighted by molar-refractivity contribution is 0.729. The Morgan fingerprint density at radius 2 is 2.53 bits per heavy atom. The first-order valence-electron chi connectivity index (χ1n) is 5.61. The average Bonchev–Trinajstić information content (AvgIpc) is 2.87. The first kappa shape index (κ1) is 11.4. The SMILES string of the molecule is CNCCCc1cnc(C2CCCS2)s1. The molecule has 1 fully saturated rings. The van der Waals surface area contributed by atoms with E-state index in [-0.39, 0.29) is 0 Å². The fraction of sp³-hybridized carbons (Fsp3) is 0.727. The van der Waals surface area contributed by atoms with Crippen molar-refractivity contribution in [2.45, 2.75) is 30.9 Å². The predicted molar refractivity (Wildman–Crippen MR) is 68.8 cm³/mol. The van der Waals surface area contributed by atoms with Crippen molar-refractivity contribution in [2.24, 2.45) is 0 Å². The Labute approximate surface area is 99.9 Å².